The Bertz CT molecular complexity index is 338. The first-order valence-corrected chi connectivity index (χ1v) is 7.88. The summed E-state index contributed by atoms with van der Waals surface area (Å²) in [5.41, 5.74) is 1.09. The van der Waals surface area contributed by atoms with Crippen molar-refractivity contribution < 1.29 is 4.39 Å². The second-order valence-electron chi connectivity index (χ2n) is 5.48. The second-order valence-corrected chi connectivity index (χ2v) is 5.48. The van der Waals surface area contributed by atoms with Gasteiger partial charge in [0.15, 0.2) is 0 Å². The predicted octanol–water partition coefficient (Wildman–Crippen LogP) is 5.86. The number of aromatic nitrogens is 1. The third kappa shape index (κ3) is 6.70. The number of pyridine rings is 1. The molecule has 1 heterocycles. The highest BCUT2D eigenvalue weighted by Crippen LogP contribution is 2.28. The SMILES string of the molecule is CCCCCCC(CCCCC)c1cncc(F)c1. The zero-order valence-electron chi connectivity index (χ0n) is 12.5. The van der Waals surface area contributed by atoms with Crippen LogP contribution >= 0.6 is 0 Å². The molecule has 0 aliphatic heterocycles. The van der Waals surface area contributed by atoms with Crippen molar-refractivity contribution in [2.45, 2.75) is 77.6 Å². The molecule has 1 rings (SSSR count). The van der Waals surface area contributed by atoms with E-state index in [2.05, 4.69) is 18.8 Å². The zero-order chi connectivity index (χ0) is 13.9. The van der Waals surface area contributed by atoms with Crippen LogP contribution in [0.3, 0.4) is 0 Å². The fourth-order valence-corrected chi connectivity index (χ4v) is 2.59. The second kappa shape index (κ2) is 9.94. The molecule has 1 aromatic heterocycles. The van der Waals surface area contributed by atoms with Gasteiger partial charge in [0.05, 0.1) is 6.20 Å². The van der Waals surface area contributed by atoms with E-state index in [0.717, 1.165) is 5.56 Å². The van der Waals surface area contributed by atoms with Crippen molar-refractivity contribution in [3.05, 3.63) is 29.8 Å². The summed E-state index contributed by atoms with van der Waals surface area (Å²) in [5.74, 6) is 0.290. The summed E-state index contributed by atoms with van der Waals surface area (Å²) in [6.07, 6.45) is 14.4. The van der Waals surface area contributed by atoms with Gasteiger partial charge in [0, 0.05) is 6.20 Å². The van der Waals surface area contributed by atoms with Crippen molar-refractivity contribution in [2.24, 2.45) is 0 Å². The Morgan fingerprint density at radius 3 is 2.21 bits per heavy atom. The van der Waals surface area contributed by atoms with Crippen molar-refractivity contribution in [2.75, 3.05) is 0 Å². The van der Waals surface area contributed by atoms with Gasteiger partial charge in [-0.25, -0.2) is 4.39 Å². The van der Waals surface area contributed by atoms with Crippen LogP contribution in [0.25, 0.3) is 0 Å². The summed E-state index contributed by atoms with van der Waals surface area (Å²) in [6, 6.07) is 1.67. The minimum atomic E-state index is -0.202. The molecule has 2 heteroatoms. The van der Waals surface area contributed by atoms with Gasteiger partial charge in [-0.2, -0.15) is 0 Å². The molecule has 1 nitrogen and oxygen atoms in total. The molecule has 0 aliphatic rings. The lowest BCUT2D eigenvalue weighted by Crippen LogP contribution is -2.01. The highest BCUT2D eigenvalue weighted by molar-refractivity contribution is 5.15. The molecule has 0 N–H and O–H groups in total. The highest BCUT2D eigenvalue weighted by Gasteiger charge is 2.12. The van der Waals surface area contributed by atoms with E-state index in [-0.39, 0.29) is 5.82 Å². The summed E-state index contributed by atoms with van der Waals surface area (Å²) < 4.78 is 13.3. The standard InChI is InChI=1S/C17H28FN/c1-3-5-7-9-11-15(10-8-6-4-2)16-12-17(18)14-19-13-16/h12-15H,3-11H2,1-2H3. The van der Waals surface area contributed by atoms with Crippen molar-refractivity contribution in [3.63, 3.8) is 0 Å². The smallest absolute Gasteiger partial charge is 0.141 e. The number of hydrogen-bond donors (Lipinski definition) is 0. The molecule has 0 radical (unpaired) electrons. The monoisotopic (exact) mass is 265 g/mol. The molecule has 0 fully saturated rings. The van der Waals surface area contributed by atoms with Crippen LogP contribution in [0.4, 0.5) is 4.39 Å². The van der Waals surface area contributed by atoms with E-state index in [4.69, 9.17) is 0 Å². The summed E-state index contributed by atoms with van der Waals surface area (Å²) in [6.45, 7) is 4.45. The van der Waals surface area contributed by atoms with Gasteiger partial charge in [0.25, 0.3) is 0 Å². The molecule has 19 heavy (non-hydrogen) atoms. The first-order valence-electron chi connectivity index (χ1n) is 7.88. The Kier molecular flexibility index (Phi) is 8.44. The number of hydrogen-bond acceptors (Lipinski definition) is 1. The molecule has 0 aromatic carbocycles. The van der Waals surface area contributed by atoms with Gasteiger partial charge in [-0.3, -0.25) is 4.98 Å². The minimum Gasteiger partial charge on any atom is -0.261 e. The van der Waals surface area contributed by atoms with Gasteiger partial charge in [-0.05, 0) is 30.4 Å². The molecule has 0 spiro atoms. The molecular formula is C17H28FN. The van der Waals surface area contributed by atoms with E-state index in [0.29, 0.717) is 5.92 Å². The van der Waals surface area contributed by atoms with Crippen LogP contribution in [0.5, 0.6) is 0 Å². The van der Waals surface area contributed by atoms with Crippen molar-refractivity contribution >= 4 is 0 Å². The van der Waals surface area contributed by atoms with Gasteiger partial charge < -0.3 is 0 Å². The Balaban J connectivity index is 2.52. The maximum absolute atomic E-state index is 13.3. The molecule has 0 saturated carbocycles. The van der Waals surface area contributed by atoms with Gasteiger partial charge >= 0.3 is 0 Å². The first-order chi connectivity index (χ1) is 9.27. The average molecular weight is 265 g/mol. The Morgan fingerprint density at radius 2 is 1.58 bits per heavy atom. The lowest BCUT2D eigenvalue weighted by atomic mass is 9.89. The Labute approximate surface area is 117 Å². The van der Waals surface area contributed by atoms with E-state index in [9.17, 15) is 4.39 Å². The molecular weight excluding hydrogens is 237 g/mol. The highest BCUT2D eigenvalue weighted by atomic mass is 19.1. The maximum Gasteiger partial charge on any atom is 0.141 e. The molecule has 0 bridgehead atoms. The first kappa shape index (κ1) is 16.1. The van der Waals surface area contributed by atoms with Crippen LogP contribution in [-0.4, -0.2) is 4.98 Å². The molecule has 0 aliphatic carbocycles. The number of nitrogens with zero attached hydrogens (tertiary/aromatic N) is 1. The van der Waals surface area contributed by atoms with Crippen LogP contribution in [0.2, 0.25) is 0 Å². The van der Waals surface area contributed by atoms with Crippen LogP contribution in [0.1, 0.15) is 83.1 Å². The lowest BCUT2D eigenvalue weighted by molar-refractivity contribution is 0.497. The van der Waals surface area contributed by atoms with Crippen LogP contribution in [-0.2, 0) is 0 Å². The van der Waals surface area contributed by atoms with Crippen molar-refractivity contribution in [1.29, 1.82) is 0 Å². The van der Waals surface area contributed by atoms with Gasteiger partial charge in [0.2, 0.25) is 0 Å². The topological polar surface area (TPSA) is 12.9 Å². The Hall–Kier alpha value is -0.920. The van der Waals surface area contributed by atoms with E-state index >= 15 is 0 Å². The van der Waals surface area contributed by atoms with Crippen molar-refractivity contribution in [1.82, 2.24) is 4.98 Å². The molecule has 0 saturated heterocycles. The van der Waals surface area contributed by atoms with Gasteiger partial charge in [-0.15, -0.1) is 0 Å². The quantitative estimate of drug-likeness (QED) is 0.483. The predicted molar refractivity (Wildman–Crippen MR) is 79.8 cm³/mol. The number of rotatable bonds is 10. The van der Waals surface area contributed by atoms with E-state index in [1.165, 1.54) is 64.0 Å². The van der Waals surface area contributed by atoms with Crippen molar-refractivity contribution in [3.8, 4) is 0 Å². The third-order valence-corrected chi connectivity index (χ3v) is 3.76. The summed E-state index contributed by atoms with van der Waals surface area (Å²) in [7, 11) is 0. The van der Waals surface area contributed by atoms with Gasteiger partial charge in [0.1, 0.15) is 5.82 Å². The summed E-state index contributed by atoms with van der Waals surface area (Å²) >= 11 is 0. The fraction of sp³-hybridized carbons (Fsp3) is 0.706. The van der Waals surface area contributed by atoms with Crippen LogP contribution in [0, 0.1) is 5.82 Å². The average Bonchev–Trinajstić information content (AvgIpc) is 2.41. The maximum atomic E-state index is 13.3. The van der Waals surface area contributed by atoms with Gasteiger partial charge in [-0.1, -0.05) is 58.8 Å². The van der Waals surface area contributed by atoms with E-state index in [1.54, 1.807) is 6.07 Å². The van der Waals surface area contributed by atoms with E-state index in [1.807, 2.05) is 6.20 Å². The molecule has 1 unspecified atom stereocenters. The molecule has 1 atom stereocenters. The number of unbranched alkanes of at least 4 members (excludes halogenated alkanes) is 5. The minimum absolute atomic E-state index is 0.202. The summed E-state index contributed by atoms with van der Waals surface area (Å²) in [4.78, 5) is 4.00. The fourth-order valence-electron chi connectivity index (χ4n) is 2.59. The van der Waals surface area contributed by atoms with E-state index < -0.39 is 0 Å². The zero-order valence-corrected chi connectivity index (χ0v) is 12.5. The summed E-state index contributed by atoms with van der Waals surface area (Å²) in [5, 5.41) is 0. The lowest BCUT2D eigenvalue weighted by Gasteiger charge is -2.17. The van der Waals surface area contributed by atoms with Crippen LogP contribution < -0.4 is 0 Å². The Morgan fingerprint density at radius 1 is 0.947 bits per heavy atom. The molecule has 1 aromatic rings. The van der Waals surface area contributed by atoms with Crippen LogP contribution in [0.15, 0.2) is 18.5 Å². The molecule has 108 valence electrons. The number of halogens is 1. The third-order valence-electron chi connectivity index (χ3n) is 3.76. The molecule has 0 amide bonds. The normalized spacial score (nSPS) is 12.6. The largest absolute Gasteiger partial charge is 0.261 e.